The van der Waals surface area contributed by atoms with Crippen LogP contribution in [0.3, 0.4) is 0 Å². The van der Waals surface area contributed by atoms with Gasteiger partial charge < -0.3 is 30.7 Å². The molecule has 0 atom stereocenters. The van der Waals surface area contributed by atoms with E-state index in [1.807, 2.05) is 25.1 Å². The van der Waals surface area contributed by atoms with Crippen LogP contribution in [0.1, 0.15) is 55.6 Å². The number of aromatic nitrogens is 4. The molecule has 3 aromatic rings. The van der Waals surface area contributed by atoms with Crippen molar-refractivity contribution >= 4 is 51.3 Å². The topological polar surface area (TPSA) is 141 Å². The fourth-order valence-electron chi connectivity index (χ4n) is 5.32. The summed E-state index contributed by atoms with van der Waals surface area (Å²) in [5.74, 6) is 1.17. The Morgan fingerprint density at radius 2 is 2.00 bits per heavy atom. The first-order chi connectivity index (χ1) is 20.4. The number of nitrogen functional groups attached to an aromatic ring is 1. The number of alkyl halides is 1. The van der Waals surface area contributed by atoms with Crippen LogP contribution < -0.4 is 25.7 Å². The van der Waals surface area contributed by atoms with Gasteiger partial charge in [0.15, 0.2) is 29.2 Å². The van der Waals surface area contributed by atoms with Gasteiger partial charge in [-0.3, -0.25) is 9.59 Å². The molecule has 4 N–H and O–H groups in total. The maximum absolute atomic E-state index is 13.0. The largest absolute Gasteiger partial charge is 0.484 e. The Labute approximate surface area is 260 Å². The number of nitrogens with one attached hydrogen (secondary N) is 2. The van der Waals surface area contributed by atoms with E-state index in [2.05, 4.69) is 71.1 Å². The fourth-order valence-corrected chi connectivity index (χ4v) is 5.69. The molecule has 4 rings (SSSR count). The molecule has 1 aromatic carbocycles. The third kappa shape index (κ3) is 7.86. The molecule has 1 saturated heterocycles. The second kappa shape index (κ2) is 15.4. The van der Waals surface area contributed by atoms with Crippen LogP contribution in [-0.2, 0) is 33.6 Å². The highest BCUT2D eigenvalue weighted by Crippen LogP contribution is 2.22. The van der Waals surface area contributed by atoms with E-state index in [9.17, 15) is 9.59 Å². The normalized spacial score (nSPS) is 14.3. The number of hydrogen-bond acceptors (Lipinski definition) is 8. The number of aryl methyl sites for hydroxylation is 2. The summed E-state index contributed by atoms with van der Waals surface area (Å²) in [6.07, 6.45) is 3.43. The van der Waals surface area contributed by atoms with Crippen LogP contribution in [0.4, 0.5) is 5.82 Å². The van der Waals surface area contributed by atoms with Gasteiger partial charge in [-0.05, 0) is 45.7 Å². The molecule has 0 spiro atoms. The first-order valence-corrected chi connectivity index (χ1v) is 16.1. The average molecular weight is 694 g/mol. The zero-order valence-corrected chi connectivity index (χ0v) is 26.9. The maximum Gasteiger partial charge on any atom is 0.277 e. The van der Waals surface area contributed by atoms with Crippen LogP contribution in [0.2, 0.25) is 0 Å². The molecule has 0 unspecified atom stereocenters. The molecule has 13 heteroatoms. The number of rotatable bonds is 14. The Morgan fingerprint density at radius 3 is 2.69 bits per heavy atom. The summed E-state index contributed by atoms with van der Waals surface area (Å²) in [5, 5.41) is 6.09. The number of ether oxygens (including phenoxy) is 2. The molecule has 0 bridgehead atoms. The van der Waals surface area contributed by atoms with Gasteiger partial charge in [0.2, 0.25) is 0 Å². The molecule has 3 heterocycles. The second-order valence-electron chi connectivity index (χ2n) is 10.1. The lowest BCUT2D eigenvalue weighted by Gasteiger charge is -2.32. The average Bonchev–Trinajstić information content (AvgIpc) is 3.31. The highest BCUT2D eigenvalue weighted by atomic mass is 127. The van der Waals surface area contributed by atoms with Crippen molar-refractivity contribution in [2.24, 2.45) is 0 Å². The SMILES string of the molecule is CCOCCN1CCC(NC(=O)COc2ccc3c(c2)n(CC)c(CNC(=O)c2nc(CI)cnc2N)[n+]3CC)CC1. The van der Waals surface area contributed by atoms with Gasteiger partial charge >= 0.3 is 0 Å². The van der Waals surface area contributed by atoms with Crippen molar-refractivity contribution in [1.29, 1.82) is 0 Å². The molecule has 1 fully saturated rings. The van der Waals surface area contributed by atoms with Gasteiger partial charge in [-0.2, -0.15) is 0 Å². The minimum Gasteiger partial charge on any atom is -0.484 e. The molecule has 1 aliphatic heterocycles. The number of hydrogen-bond donors (Lipinski definition) is 3. The number of piperidine rings is 1. The number of amides is 2. The standard InChI is InChI=1S/C29H41IN8O4/c1-4-37-23-8-7-22(42-19-25(39)34-20-9-11-36(12-10-20)13-14-41-6-3)15-24(23)38(5-2)26(37)18-33-29(40)27-28(31)32-17-21(16-30)35-27/h7-8,15,17,20H,4-6,9-14,16,18-19H2,1-3H3,(H3-,31,32,33,34,39,40)/p+1. The highest BCUT2D eigenvalue weighted by molar-refractivity contribution is 14.1. The predicted molar refractivity (Wildman–Crippen MR) is 168 cm³/mol. The quantitative estimate of drug-likeness (QED) is 0.101. The lowest BCUT2D eigenvalue weighted by molar-refractivity contribution is -0.676. The van der Waals surface area contributed by atoms with E-state index in [-0.39, 0.29) is 42.5 Å². The third-order valence-corrected chi connectivity index (χ3v) is 8.25. The number of benzene rings is 1. The number of imidazole rings is 1. The van der Waals surface area contributed by atoms with Crippen LogP contribution in [0.25, 0.3) is 11.0 Å². The monoisotopic (exact) mass is 693 g/mol. The van der Waals surface area contributed by atoms with E-state index in [0.29, 0.717) is 29.0 Å². The summed E-state index contributed by atoms with van der Waals surface area (Å²) in [6.45, 7) is 12.1. The van der Waals surface area contributed by atoms with Gasteiger partial charge in [0, 0.05) is 42.8 Å². The molecule has 42 heavy (non-hydrogen) atoms. The van der Waals surface area contributed by atoms with Crippen molar-refractivity contribution < 1.29 is 23.6 Å². The van der Waals surface area contributed by atoms with Crippen molar-refractivity contribution in [3.63, 3.8) is 0 Å². The summed E-state index contributed by atoms with van der Waals surface area (Å²) in [6, 6.07) is 5.99. The summed E-state index contributed by atoms with van der Waals surface area (Å²) < 4.78 is 16.3. The lowest BCUT2D eigenvalue weighted by Crippen LogP contribution is -2.46. The van der Waals surface area contributed by atoms with E-state index in [0.717, 1.165) is 62.5 Å². The van der Waals surface area contributed by atoms with E-state index < -0.39 is 0 Å². The number of halogens is 1. The zero-order chi connectivity index (χ0) is 30.1. The Balaban J connectivity index is 1.38. The van der Waals surface area contributed by atoms with E-state index in [1.165, 1.54) is 0 Å². The van der Waals surface area contributed by atoms with Crippen molar-refractivity contribution in [2.45, 2.75) is 63.7 Å². The number of fused-ring (bicyclic) bond motifs is 1. The lowest BCUT2D eigenvalue weighted by atomic mass is 10.1. The number of nitrogens with zero attached hydrogens (tertiary/aromatic N) is 5. The van der Waals surface area contributed by atoms with E-state index in [4.69, 9.17) is 15.2 Å². The summed E-state index contributed by atoms with van der Waals surface area (Å²) >= 11 is 2.17. The minimum atomic E-state index is -0.367. The van der Waals surface area contributed by atoms with Crippen LogP contribution in [0.5, 0.6) is 5.75 Å². The first kappa shape index (κ1) is 31.9. The number of anilines is 1. The number of likely N-dealkylation sites (tertiary alicyclic amines) is 1. The first-order valence-electron chi connectivity index (χ1n) is 14.6. The van der Waals surface area contributed by atoms with E-state index >= 15 is 0 Å². The van der Waals surface area contributed by atoms with Crippen LogP contribution >= 0.6 is 22.6 Å². The predicted octanol–water partition coefficient (Wildman–Crippen LogP) is 2.20. The van der Waals surface area contributed by atoms with Gasteiger partial charge in [0.05, 0.1) is 31.6 Å². The second-order valence-corrected chi connectivity index (χ2v) is 10.9. The molecular weight excluding hydrogens is 651 g/mol. The summed E-state index contributed by atoms with van der Waals surface area (Å²) in [4.78, 5) is 36.5. The maximum atomic E-state index is 13.0. The molecular formula is C29H42IN8O4+. The Kier molecular flexibility index (Phi) is 11.7. The van der Waals surface area contributed by atoms with E-state index in [1.54, 1.807) is 6.20 Å². The van der Waals surface area contributed by atoms with Gasteiger partial charge in [0.1, 0.15) is 12.3 Å². The molecule has 12 nitrogen and oxygen atoms in total. The van der Waals surface area contributed by atoms with Crippen molar-refractivity contribution in [3.8, 4) is 5.75 Å². The van der Waals surface area contributed by atoms with Crippen molar-refractivity contribution in [2.75, 3.05) is 45.2 Å². The molecule has 0 aliphatic carbocycles. The smallest absolute Gasteiger partial charge is 0.277 e. The molecule has 228 valence electrons. The Hall–Kier alpha value is -3.04. The zero-order valence-electron chi connectivity index (χ0n) is 24.7. The molecule has 0 saturated carbocycles. The Bertz CT molecular complexity index is 1370. The van der Waals surface area contributed by atoms with Crippen LogP contribution in [0, 0.1) is 0 Å². The van der Waals surface area contributed by atoms with Crippen LogP contribution in [0.15, 0.2) is 24.4 Å². The fraction of sp³-hybridized carbons (Fsp3) is 0.552. The molecule has 1 aliphatic rings. The number of carbonyl (C=O) groups excluding carboxylic acids is 2. The van der Waals surface area contributed by atoms with Crippen molar-refractivity contribution in [3.05, 3.63) is 41.6 Å². The molecule has 2 aromatic heterocycles. The number of nitrogens with two attached hydrogens (primary N) is 1. The van der Waals surface area contributed by atoms with Gasteiger partial charge in [-0.15, -0.1) is 0 Å². The van der Waals surface area contributed by atoms with Gasteiger partial charge in [0.25, 0.3) is 17.6 Å². The van der Waals surface area contributed by atoms with Gasteiger partial charge in [-0.25, -0.2) is 19.1 Å². The molecule has 2 amide bonds. The van der Waals surface area contributed by atoms with Gasteiger partial charge in [-0.1, -0.05) is 22.6 Å². The third-order valence-electron chi connectivity index (χ3n) is 7.47. The summed E-state index contributed by atoms with van der Waals surface area (Å²) in [7, 11) is 0. The summed E-state index contributed by atoms with van der Waals surface area (Å²) in [5.41, 5.74) is 8.75. The Morgan fingerprint density at radius 1 is 1.21 bits per heavy atom. The minimum absolute atomic E-state index is 0.0433. The van der Waals surface area contributed by atoms with Crippen molar-refractivity contribution in [1.82, 2.24) is 30.1 Å². The highest BCUT2D eigenvalue weighted by Gasteiger charge is 2.26. The van der Waals surface area contributed by atoms with Crippen LogP contribution in [-0.4, -0.2) is 76.7 Å². The molecule has 0 radical (unpaired) electrons. The number of carbonyl (C=O) groups is 2.